The molecule has 4 N–H and O–H groups in total. The minimum Gasteiger partial charge on any atom is -0.552 e. The Bertz CT molecular complexity index is 1720. The summed E-state index contributed by atoms with van der Waals surface area (Å²) in [6, 6.07) is 2.39. The van der Waals surface area contributed by atoms with E-state index in [0.29, 0.717) is 25.3 Å². The van der Waals surface area contributed by atoms with Gasteiger partial charge in [0.05, 0.1) is 0 Å². The Labute approximate surface area is 501 Å². The Balaban J connectivity index is 0.00000156. The fourth-order valence-electron chi connectivity index (χ4n) is 12.4. The molecular formula is C52H122N4O14RfSi10-2. The smallest absolute Gasteiger partial charge is 0.491 e. The largest absolute Gasteiger partial charge is 0.552 e. The van der Waals surface area contributed by atoms with E-state index in [-0.39, 0.29) is 22.2 Å². The van der Waals surface area contributed by atoms with Gasteiger partial charge in [0, 0.05) is 88.0 Å². The molecule has 2 aliphatic rings. The molecular weight excluding hydrogens is 1450 g/mol. The van der Waals surface area contributed by atoms with Crippen molar-refractivity contribution >= 4 is 85.6 Å². The molecule has 2 aliphatic heterocycles. The fourth-order valence-corrected chi connectivity index (χ4v) is 57.1. The van der Waals surface area contributed by atoms with Gasteiger partial charge in [-0.15, -0.1) is 0 Å². The monoisotopic (exact) mass is 1570 g/mol. The SMILES string of the molecule is [CH2-]OC/C=C/[Si](C)(C)O[Si](C)(C)O[Si](C)(C)O[Si](C)(C)O[Si](CCCNC1CC(C)(C)NC(C)(C)C1)(OC)OC.[CH2-]OC/C=C/[Si](C)(C)O[Si](C)(C)O[Si](C)(C)O[Si](C)(C)O[Si](CCCNC1CC(C)(C)NC(C)(C)C1)(OC)OC.[Rf]. The van der Waals surface area contributed by atoms with Crippen molar-refractivity contribution < 1.29 is 60.1 Å². The summed E-state index contributed by atoms with van der Waals surface area (Å²) in [5, 5.41) is 15.1. The van der Waals surface area contributed by atoms with E-state index in [4.69, 9.17) is 60.1 Å². The van der Waals surface area contributed by atoms with Gasteiger partial charge >= 0.3 is 69.0 Å². The fraction of sp³-hybridized carbons (Fsp3) is 0.885. The van der Waals surface area contributed by atoms with Gasteiger partial charge in [-0.3, -0.25) is 0 Å². The Morgan fingerprint density at radius 1 is 0.407 bits per heavy atom. The molecule has 478 valence electrons. The van der Waals surface area contributed by atoms with Crippen LogP contribution in [0.5, 0.6) is 0 Å². The normalized spacial score (nSPS) is 19.2. The zero-order valence-electron chi connectivity index (χ0n) is 56.8. The van der Waals surface area contributed by atoms with Crippen LogP contribution in [0.25, 0.3) is 0 Å². The molecule has 2 rings (SSSR count). The zero-order valence-corrected chi connectivity index (χ0v) is 73.2. The van der Waals surface area contributed by atoms with Gasteiger partial charge in [0.2, 0.25) is 0 Å². The van der Waals surface area contributed by atoms with Crippen molar-refractivity contribution in [2.75, 3.05) is 54.7 Å². The summed E-state index contributed by atoms with van der Waals surface area (Å²) in [6.07, 6.45) is 10.1. The van der Waals surface area contributed by atoms with Crippen molar-refractivity contribution in [3.63, 3.8) is 0 Å². The van der Waals surface area contributed by atoms with E-state index in [0.717, 1.165) is 63.7 Å². The van der Waals surface area contributed by atoms with Crippen molar-refractivity contribution in [3.8, 4) is 0 Å². The van der Waals surface area contributed by atoms with Crippen molar-refractivity contribution in [1.29, 1.82) is 0 Å². The van der Waals surface area contributed by atoms with E-state index in [1.54, 1.807) is 28.4 Å². The van der Waals surface area contributed by atoms with Gasteiger partial charge < -0.3 is 81.4 Å². The quantitative estimate of drug-likeness (QED) is 0.0264. The molecule has 0 atom stereocenters. The summed E-state index contributed by atoms with van der Waals surface area (Å²) >= 11 is 0. The van der Waals surface area contributed by atoms with Crippen LogP contribution in [0, 0.1) is 14.2 Å². The van der Waals surface area contributed by atoms with Gasteiger partial charge in [0.25, 0.3) is 0 Å². The van der Waals surface area contributed by atoms with Crippen LogP contribution in [0.2, 0.25) is 117 Å². The average Bonchev–Trinajstić information content (AvgIpc) is 3.21. The second kappa shape index (κ2) is 32.4. The maximum atomic E-state index is 6.69. The van der Waals surface area contributed by atoms with E-state index in [1.807, 2.05) is 12.2 Å². The molecule has 0 bridgehead atoms. The van der Waals surface area contributed by atoms with Crippen LogP contribution >= 0.6 is 0 Å². The van der Waals surface area contributed by atoms with E-state index >= 15 is 0 Å². The first-order valence-corrected chi connectivity index (χ1v) is 55.7. The maximum Gasteiger partial charge on any atom is 0.491 e. The molecule has 0 aromatic carbocycles. The molecule has 0 aromatic heterocycles. The van der Waals surface area contributed by atoms with Crippen molar-refractivity contribution in [3.05, 3.63) is 37.8 Å². The third-order valence-electron chi connectivity index (χ3n) is 13.1. The van der Waals surface area contributed by atoms with Crippen molar-refractivity contribution in [2.45, 2.75) is 245 Å². The van der Waals surface area contributed by atoms with E-state index in [9.17, 15) is 0 Å². The van der Waals surface area contributed by atoms with Crippen LogP contribution in [-0.2, 0) is 60.1 Å². The molecule has 0 amide bonds. The zero-order chi connectivity index (χ0) is 62.2. The van der Waals surface area contributed by atoms with Crippen LogP contribution < -0.4 is 21.3 Å². The van der Waals surface area contributed by atoms with Gasteiger partial charge in [0.1, 0.15) is 0 Å². The summed E-state index contributed by atoms with van der Waals surface area (Å²) in [4.78, 5) is 0. The van der Waals surface area contributed by atoms with Gasteiger partial charge in [-0.1, -0.05) is 23.6 Å². The topological polar surface area (TPSA) is 177 Å². The summed E-state index contributed by atoms with van der Waals surface area (Å²) < 4.78 is 86.8. The van der Waals surface area contributed by atoms with Gasteiger partial charge in [-0.2, -0.15) is 0 Å². The molecule has 2 fully saturated rings. The van der Waals surface area contributed by atoms with Crippen LogP contribution in [0.1, 0.15) is 93.9 Å². The third kappa shape index (κ3) is 33.7. The third-order valence-corrected chi connectivity index (χ3v) is 49.9. The molecule has 29 heteroatoms. The maximum absolute atomic E-state index is 6.69. The molecule has 18 nitrogen and oxygen atoms in total. The second-order valence-corrected chi connectivity index (χ2v) is 64.0. The number of ether oxygens (including phenoxy) is 2. The number of rotatable bonds is 36. The molecule has 81 heavy (non-hydrogen) atoms. The molecule has 0 radical (unpaired) electrons. The summed E-state index contributed by atoms with van der Waals surface area (Å²) in [6.45, 7) is 54.4. The second-order valence-electron chi connectivity index (χ2n) is 28.3. The van der Waals surface area contributed by atoms with Crippen LogP contribution in [0.3, 0.4) is 0 Å². The first-order valence-electron chi connectivity index (χ1n) is 29.0. The van der Waals surface area contributed by atoms with Gasteiger partial charge in [-0.25, -0.2) is 14.2 Å². The molecule has 0 aromatic rings. The molecule has 0 aliphatic carbocycles. The molecule has 2 heterocycles. The predicted molar refractivity (Wildman–Crippen MR) is 352 cm³/mol. The predicted octanol–water partition coefficient (Wildman–Crippen LogP) is 11.6. The minimum absolute atomic E-state index is 0. The molecule has 0 spiro atoms. The number of piperidine rings is 2. The van der Waals surface area contributed by atoms with E-state index in [1.165, 1.54) is 0 Å². The van der Waals surface area contributed by atoms with Crippen molar-refractivity contribution in [1.82, 2.24) is 21.3 Å². The molecule has 2 saturated heterocycles. The number of hydrogen-bond acceptors (Lipinski definition) is 18. The first kappa shape index (κ1) is 80.9. The standard InChI is InChI=1S/2C26H61N2O7Si5.Rf/c2*1-25(2)22-24(23-26(3,4)28-25)27-18-16-21-40(30-6,31-7)35-39(14,15)34-38(12,13)33-37(10,11)32-36(8,9)20-17-19-29-5;/h2*17,20,24,27-28H,5,16,18-19,21-23H2,1-4,6-15H3;/q2*-1;/b2*20-17+;. The Hall–Kier alpha value is -0.0712. The van der Waals surface area contributed by atoms with Crippen LogP contribution in [0.15, 0.2) is 23.6 Å². The Morgan fingerprint density at radius 2 is 0.642 bits per heavy atom. The summed E-state index contributed by atoms with van der Waals surface area (Å²) in [5.74, 6) is 0. The van der Waals surface area contributed by atoms with Crippen LogP contribution in [0.4, 0.5) is 0 Å². The molecule has 0 saturated carbocycles. The van der Waals surface area contributed by atoms with E-state index < -0.39 is 85.6 Å². The minimum atomic E-state index is -2.93. The van der Waals surface area contributed by atoms with Gasteiger partial charge in [-0.05, 0) is 212 Å². The van der Waals surface area contributed by atoms with E-state index in [2.05, 4.69) is 207 Å². The summed E-state index contributed by atoms with van der Waals surface area (Å²) in [7, 11) is -11.9. The van der Waals surface area contributed by atoms with Crippen molar-refractivity contribution in [2.24, 2.45) is 0 Å². The van der Waals surface area contributed by atoms with Crippen LogP contribution in [-0.4, -0.2) is 175 Å². The number of hydrogen-bond donors (Lipinski definition) is 4. The Morgan fingerprint density at radius 3 is 0.877 bits per heavy atom. The molecule has 0 unspecified atom stereocenters. The summed E-state index contributed by atoms with van der Waals surface area (Å²) in [5.41, 5.74) is 4.70. The average molecular weight is 1580 g/mol. The number of nitrogens with one attached hydrogen (secondary N) is 4. The Kier molecular flexibility index (Phi) is 32.4. The van der Waals surface area contributed by atoms with Gasteiger partial charge in [0.15, 0.2) is 16.6 Å². The first-order chi connectivity index (χ1) is 36.0.